The molecular weight excluding hydrogens is 466 g/mol. The zero-order chi connectivity index (χ0) is 13.4. The summed E-state index contributed by atoms with van der Waals surface area (Å²) in [4.78, 5) is 0. The van der Waals surface area contributed by atoms with Crippen molar-refractivity contribution in [1.29, 1.82) is 0 Å². The molecule has 0 unspecified atom stereocenters. The lowest BCUT2D eigenvalue weighted by molar-refractivity contribution is 0.932. The van der Waals surface area contributed by atoms with Gasteiger partial charge >= 0.3 is 0 Å². The van der Waals surface area contributed by atoms with E-state index in [1.807, 2.05) is 0 Å². The molecule has 0 amide bonds. The van der Waals surface area contributed by atoms with Gasteiger partial charge in [0.05, 0.1) is 16.1 Å². The van der Waals surface area contributed by atoms with Gasteiger partial charge in [0, 0.05) is 0 Å². The number of hydrogen-bond acceptors (Lipinski definition) is 0. The van der Waals surface area contributed by atoms with E-state index < -0.39 is 16.1 Å². The predicted octanol–water partition coefficient (Wildman–Crippen LogP) is 6.30. The van der Waals surface area contributed by atoms with Gasteiger partial charge in [0.2, 0.25) is 0 Å². The Kier molecular flexibility index (Phi) is 5.59. The Balaban J connectivity index is 3.29. The van der Waals surface area contributed by atoms with E-state index in [0.717, 1.165) is 0 Å². The molecule has 1 aliphatic carbocycles. The fourth-order valence-corrected chi connectivity index (χ4v) is 5.69. The number of allylic oxidation sites excluding steroid dienone is 2. The van der Waals surface area contributed by atoms with E-state index in [9.17, 15) is 0 Å². The van der Waals surface area contributed by atoms with Gasteiger partial charge in [-0.05, 0) is 36.8 Å². The zero-order valence-electron chi connectivity index (χ0n) is 11.9. The van der Waals surface area contributed by atoms with Crippen LogP contribution in [0.2, 0.25) is 39.3 Å². The van der Waals surface area contributed by atoms with Crippen molar-refractivity contribution in [3.63, 3.8) is 0 Å². The first-order valence-corrected chi connectivity index (χ1v) is 15.5. The van der Waals surface area contributed by atoms with Crippen LogP contribution in [0.1, 0.15) is 19.3 Å². The Morgan fingerprint density at radius 3 is 1.29 bits per heavy atom. The van der Waals surface area contributed by atoms with Crippen LogP contribution >= 0.6 is 45.2 Å². The molecule has 1 saturated carbocycles. The molecule has 0 N–H and O–H groups in total. The third-order valence-electron chi connectivity index (χ3n) is 3.06. The van der Waals surface area contributed by atoms with Crippen LogP contribution in [0.5, 0.6) is 0 Å². The van der Waals surface area contributed by atoms with Crippen molar-refractivity contribution in [2.45, 2.75) is 58.5 Å². The van der Waals surface area contributed by atoms with Crippen LogP contribution in [0.25, 0.3) is 0 Å². The summed E-state index contributed by atoms with van der Waals surface area (Å²) in [6.07, 6.45) is 4.03. The van der Waals surface area contributed by atoms with Gasteiger partial charge in [-0.25, -0.2) is 0 Å². The van der Waals surface area contributed by atoms with Crippen LogP contribution in [0.15, 0.2) is 17.6 Å². The van der Waals surface area contributed by atoms with E-state index in [1.165, 1.54) is 19.3 Å². The smallest absolute Gasteiger partial charge is 0.0652 e. The van der Waals surface area contributed by atoms with Gasteiger partial charge in [-0.15, -0.1) is 0 Å². The Hall–Kier alpha value is 1.37. The number of rotatable bonds is 2. The third kappa shape index (κ3) is 4.17. The average molecular weight is 490 g/mol. The molecule has 0 aromatic heterocycles. The number of hydrogen-bond donors (Lipinski definition) is 0. The molecule has 0 aromatic rings. The summed E-state index contributed by atoms with van der Waals surface area (Å²) in [5.41, 5.74) is 3.47. The van der Waals surface area contributed by atoms with Crippen LogP contribution in [0.4, 0.5) is 0 Å². The fourth-order valence-electron chi connectivity index (χ4n) is 2.13. The molecule has 0 spiro atoms. The molecular formula is C13H24I2Si2. The maximum atomic E-state index is 2.65. The highest BCUT2D eigenvalue weighted by Crippen LogP contribution is 2.43. The summed E-state index contributed by atoms with van der Waals surface area (Å²) >= 11 is 5.29. The van der Waals surface area contributed by atoms with E-state index in [0.29, 0.717) is 0 Å². The van der Waals surface area contributed by atoms with Crippen molar-refractivity contribution in [3.8, 4) is 0 Å². The highest BCUT2D eigenvalue weighted by atomic mass is 127. The summed E-state index contributed by atoms with van der Waals surface area (Å²) in [5, 5.41) is 0. The molecule has 1 aliphatic rings. The van der Waals surface area contributed by atoms with Crippen molar-refractivity contribution in [2.24, 2.45) is 0 Å². The maximum Gasteiger partial charge on any atom is 0.0858 e. The predicted molar refractivity (Wildman–Crippen MR) is 103 cm³/mol. The van der Waals surface area contributed by atoms with Crippen LogP contribution in [0.3, 0.4) is 0 Å². The molecule has 0 heterocycles. The lowest BCUT2D eigenvalue weighted by atomic mass is 10.2. The molecule has 0 atom stereocenters. The normalized spacial score (nSPS) is 24.0. The van der Waals surface area contributed by atoms with Crippen LogP contribution < -0.4 is 0 Å². The Morgan fingerprint density at radius 2 is 1.06 bits per heavy atom. The van der Waals surface area contributed by atoms with Crippen molar-refractivity contribution in [2.75, 3.05) is 0 Å². The molecule has 0 bridgehead atoms. The monoisotopic (exact) mass is 490 g/mol. The molecule has 0 saturated heterocycles. The molecule has 0 aliphatic heterocycles. The molecule has 98 valence electrons. The Labute approximate surface area is 136 Å². The molecule has 4 heteroatoms. The highest BCUT2D eigenvalue weighted by molar-refractivity contribution is 14.1. The van der Waals surface area contributed by atoms with Crippen molar-refractivity contribution in [3.05, 3.63) is 17.6 Å². The van der Waals surface area contributed by atoms with E-state index in [-0.39, 0.29) is 0 Å². The van der Waals surface area contributed by atoms with Gasteiger partial charge < -0.3 is 0 Å². The minimum absolute atomic E-state index is 1.13. The van der Waals surface area contributed by atoms with Crippen LogP contribution in [-0.4, -0.2) is 16.1 Å². The van der Waals surface area contributed by atoms with Gasteiger partial charge in [0.25, 0.3) is 0 Å². The van der Waals surface area contributed by atoms with Gasteiger partial charge in [-0.1, -0.05) is 84.5 Å². The number of halogens is 2. The fraction of sp³-hybridized carbons (Fsp3) is 0.692. The Bertz CT molecular complexity index is 332. The van der Waals surface area contributed by atoms with E-state index >= 15 is 0 Å². The second-order valence-electron chi connectivity index (χ2n) is 6.94. The van der Waals surface area contributed by atoms with Gasteiger partial charge in [-0.2, -0.15) is 0 Å². The largest absolute Gasteiger partial charge is 0.0858 e. The summed E-state index contributed by atoms with van der Waals surface area (Å²) in [5.74, 6) is 0. The second-order valence-corrected chi connectivity index (χ2v) is 21.1. The first-order valence-electron chi connectivity index (χ1n) is 6.34. The van der Waals surface area contributed by atoms with Crippen molar-refractivity contribution in [1.82, 2.24) is 0 Å². The summed E-state index contributed by atoms with van der Waals surface area (Å²) < 4.78 is 3.44. The van der Waals surface area contributed by atoms with Gasteiger partial charge in [0.15, 0.2) is 0 Å². The summed E-state index contributed by atoms with van der Waals surface area (Å²) in [7, 11) is -2.26. The maximum absolute atomic E-state index is 2.65. The topological polar surface area (TPSA) is 0 Å². The first kappa shape index (κ1) is 16.4. The quantitative estimate of drug-likeness (QED) is 0.315. The van der Waals surface area contributed by atoms with Gasteiger partial charge in [-0.3, -0.25) is 0 Å². The zero-order valence-corrected chi connectivity index (χ0v) is 18.2. The molecule has 17 heavy (non-hydrogen) atoms. The summed E-state index contributed by atoms with van der Waals surface area (Å²) in [6.45, 7) is 14.8. The van der Waals surface area contributed by atoms with E-state index in [4.69, 9.17) is 0 Å². The molecule has 0 aromatic carbocycles. The average Bonchev–Trinajstić information content (AvgIpc) is 2.60. The minimum Gasteiger partial charge on any atom is -0.0652 e. The van der Waals surface area contributed by atoms with Crippen molar-refractivity contribution >= 4 is 61.3 Å². The van der Waals surface area contributed by atoms with E-state index in [1.54, 1.807) is 17.6 Å². The molecule has 0 nitrogen and oxygen atoms in total. The molecule has 0 radical (unpaired) electrons. The lowest BCUT2D eigenvalue weighted by Crippen LogP contribution is -2.24. The Morgan fingerprint density at radius 1 is 0.765 bits per heavy atom. The SMILES string of the molecule is C[Si](C)(C)/C(I)=C1\CCC\C1=C(\I)[Si](C)(C)C. The van der Waals surface area contributed by atoms with Crippen molar-refractivity contribution < 1.29 is 0 Å². The summed E-state index contributed by atoms with van der Waals surface area (Å²) in [6, 6.07) is 0. The standard InChI is InChI=1S/C13H24I2Si2/c1-16(2,3)12(14)10-8-7-9-11(10)13(15)17(4,5)6/h7-9H2,1-6H3/b12-10+,13-11+. The first-order chi connectivity index (χ1) is 7.55. The highest BCUT2D eigenvalue weighted by Gasteiger charge is 2.29. The van der Waals surface area contributed by atoms with Gasteiger partial charge in [0.1, 0.15) is 0 Å². The molecule has 1 fully saturated rings. The third-order valence-corrected chi connectivity index (χ3v) is 17.3. The minimum atomic E-state index is -1.13. The molecule has 1 rings (SSSR count). The van der Waals surface area contributed by atoms with Crippen LogP contribution in [0, 0.1) is 0 Å². The van der Waals surface area contributed by atoms with Crippen LogP contribution in [-0.2, 0) is 0 Å². The lowest BCUT2D eigenvalue weighted by Gasteiger charge is -2.23. The second kappa shape index (κ2) is 5.79. The van der Waals surface area contributed by atoms with E-state index in [2.05, 4.69) is 84.5 Å².